The van der Waals surface area contributed by atoms with Crippen LogP contribution in [0.5, 0.6) is 0 Å². The lowest BCUT2D eigenvalue weighted by Gasteiger charge is -2.45. The van der Waals surface area contributed by atoms with Gasteiger partial charge in [-0.05, 0) is 38.9 Å². The average molecular weight is 230 g/mol. The van der Waals surface area contributed by atoms with Gasteiger partial charge in [-0.2, -0.15) is 0 Å². The van der Waals surface area contributed by atoms with E-state index in [1.165, 1.54) is 51.9 Å². The number of nitrogens with zero attached hydrogens (tertiary/aromatic N) is 1. The molecule has 2 aliphatic heterocycles. The van der Waals surface area contributed by atoms with Crippen LogP contribution in [0.1, 0.15) is 61.7 Å². The van der Waals surface area contributed by atoms with Gasteiger partial charge in [0.1, 0.15) is 0 Å². The summed E-state index contributed by atoms with van der Waals surface area (Å²) in [6.45, 7) is 15.4. The molecule has 2 heterocycles. The van der Waals surface area contributed by atoms with Crippen LogP contribution in [-0.4, -0.2) is 36.6 Å². The van der Waals surface area contributed by atoms with E-state index >= 15 is 0 Å². The number of likely N-dealkylation sites (N-methyl/N-ethyl adjacent to an activating group) is 1. The van der Waals surface area contributed by atoms with Crippen molar-refractivity contribution < 1.29 is 1.43 Å². The molecule has 100 valence electrons. The zero-order valence-electron chi connectivity index (χ0n) is 12.1. The van der Waals surface area contributed by atoms with Gasteiger partial charge in [0, 0.05) is 13.5 Å². The summed E-state index contributed by atoms with van der Waals surface area (Å²) in [5, 5.41) is 3.62. The minimum Gasteiger partial charge on any atom is -0.310 e. The highest BCUT2D eigenvalue weighted by Crippen LogP contribution is 2.28. The highest BCUT2D eigenvalue weighted by molar-refractivity contribution is 4.99. The van der Waals surface area contributed by atoms with Gasteiger partial charge in [0.05, 0.1) is 0 Å². The summed E-state index contributed by atoms with van der Waals surface area (Å²) in [6.07, 6.45) is 5.63. The van der Waals surface area contributed by atoms with Gasteiger partial charge in [-0.3, -0.25) is 0 Å². The molecule has 2 fully saturated rings. The molecule has 2 aliphatic rings. The molecule has 2 nitrogen and oxygen atoms in total. The minimum absolute atomic E-state index is 0. The Kier molecular flexibility index (Phi) is 8.96. The van der Waals surface area contributed by atoms with Gasteiger partial charge < -0.3 is 10.2 Å². The number of nitrogens with one attached hydrogen (secondary N) is 1. The van der Waals surface area contributed by atoms with Gasteiger partial charge in [0.15, 0.2) is 0 Å². The second-order valence-corrected chi connectivity index (χ2v) is 4.28. The van der Waals surface area contributed by atoms with E-state index < -0.39 is 0 Å². The van der Waals surface area contributed by atoms with Crippen molar-refractivity contribution in [3.8, 4) is 0 Å². The van der Waals surface area contributed by atoms with Gasteiger partial charge in [0.2, 0.25) is 0 Å². The predicted octanol–water partition coefficient (Wildman–Crippen LogP) is 3.52. The quantitative estimate of drug-likeness (QED) is 0.741. The van der Waals surface area contributed by atoms with Crippen LogP contribution < -0.4 is 5.32 Å². The normalized spacial score (nSPS) is 29.1. The lowest BCUT2D eigenvalue weighted by molar-refractivity contribution is 0.134. The fraction of sp³-hybridized carbons (Fsp3) is 1.00. The molecule has 0 aromatic heterocycles. The van der Waals surface area contributed by atoms with Crippen molar-refractivity contribution in [2.45, 2.75) is 65.8 Å². The summed E-state index contributed by atoms with van der Waals surface area (Å²) in [5.41, 5.74) is 0.534. The molecule has 2 saturated heterocycles. The van der Waals surface area contributed by atoms with E-state index in [0.29, 0.717) is 5.54 Å². The van der Waals surface area contributed by atoms with Gasteiger partial charge in [-0.1, -0.05) is 41.0 Å². The van der Waals surface area contributed by atoms with Crippen molar-refractivity contribution in [3.63, 3.8) is 0 Å². The third kappa shape index (κ3) is 4.42. The van der Waals surface area contributed by atoms with E-state index in [1.54, 1.807) is 0 Å². The molecule has 1 N–H and O–H groups in total. The predicted molar refractivity (Wildman–Crippen MR) is 76.1 cm³/mol. The van der Waals surface area contributed by atoms with Crippen LogP contribution in [-0.2, 0) is 0 Å². The molecule has 1 atom stereocenters. The van der Waals surface area contributed by atoms with Crippen LogP contribution in [0.3, 0.4) is 0 Å². The maximum absolute atomic E-state index is 3.62. The zero-order chi connectivity index (χ0) is 12.4. The van der Waals surface area contributed by atoms with Gasteiger partial charge in [-0.25, -0.2) is 0 Å². The molecule has 0 saturated carbocycles. The highest BCUT2D eigenvalue weighted by Gasteiger charge is 2.38. The van der Waals surface area contributed by atoms with Gasteiger partial charge in [-0.15, -0.1) is 0 Å². The summed E-state index contributed by atoms with van der Waals surface area (Å²) >= 11 is 0. The van der Waals surface area contributed by atoms with E-state index in [4.69, 9.17) is 0 Å². The molecule has 0 bridgehead atoms. The van der Waals surface area contributed by atoms with Gasteiger partial charge in [0.25, 0.3) is 0 Å². The molecule has 0 aromatic rings. The van der Waals surface area contributed by atoms with Crippen molar-refractivity contribution in [3.05, 3.63) is 0 Å². The van der Waals surface area contributed by atoms with E-state index in [9.17, 15) is 0 Å². The van der Waals surface area contributed by atoms with Crippen LogP contribution in [0.4, 0.5) is 0 Å². The molecule has 1 spiro atoms. The number of hydrogen-bond donors (Lipinski definition) is 1. The molecule has 0 aromatic carbocycles. The van der Waals surface area contributed by atoms with Crippen LogP contribution in [0, 0.1) is 0 Å². The van der Waals surface area contributed by atoms with Crippen molar-refractivity contribution in [1.29, 1.82) is 0 Å². The Balaban J connectivity index is 0. The zero-order valence-corrected chi connectivity index (χ0v) is 12.1. The van der Waals surface area contributed by atoms with Crippen LogP contribution in [0.15, 0.2) is 0 Å². The maximum Gasteiger partial charge on any atom is 0.0320 e. The second kappa shape index (κ2) is 9.00. The number of hydrogen-bond acceptors (Lipinski definition) is 2. The monoisotopic (exact) mass is 230 g/mol. The van der Waals surface area contributed by atoms with E-state index in [0.717, 1.165) is 0 Å². The standard InChI is InChI=1S/C10H20N2.2C2H6.H2/c1-2-12-8-4-3-5-10(9-12)6-7-11-10;2*1-2;/h11H,2-9H2,1H3;2*1-2H3;1H. The van der Waals surface area contributed by atoms with Crippen molar-refractivity contribution in [1.82, 2.24) is 10.2 Å². The molecule has 0 radical (unpaired) electrons. The Morgan fingerprint density at radius 2 is 1.75 bits per heavy atom. The molecule has 1 unspecified atom stereocenters. The first-order chi connectivity index (χ1) is 7.85. The summed E-state index contributed by atoms with van der Waals surface area (Å²) in [7, 11) is 0. The Morgan fingerprint density at radius 1 is 1.12 bits per heavy atom. The summed E-state index contributed by atoms with van der Waals surface area (Å²) in [5.74, 6) is 0. The minimum atomic E-state index is 0. The van der Waals surface area contributed by atoms with Crippen molar-refractivity contribution in [2.75, 3.05) is 26.2 Å². The first-order valence-electron chi connectivity index (χ1n) is 7.32. The molecule has 16 heavy (non-hydrogen) atoms. The summed E-state index contributed by atoms with van der Waals surface area (Å²) in [4.78, 5) is 2.60. The molecule has 2 heteroatoms. The molecule has 0 aliphatic carbocycles. The third-order valence-electron chi connectivity index (χ3n) is 3.46. The molecular weight excluding hydrogens is 196 g/mol. The SMILES string of the molecule is CC.CC.CCN1CCCCC2(CCN2)C1.[HH]. The van der Waals surface area contributed by atoms with E-state index in [-0.39, 0.29) is 1.43 Å². The topological polar surface area (TPSA) is 15.3 Å². The second-order valence-electron chi connectivity index (χ2n) is 4.28. The summed E-state index contributed by atoms with van der Waals surface area (Å²) < 4.78 is 0. The summed E-state index contributed by atoms with van der Waals surface area (Å²) in [6, 6.07) is 0. The number of likely N-dealkylation sites (tertiary alicyclic amines) is 1. The molecule has 2 rings (SSSR count). The fourth-order valence-electron chi connectivity index (χ4n) is 2.48. The van der Waals surface area contributed by atoms with Crippen LogP contribution >= 0.6 is 0 Å². The molecule has 0 amide bonds. The van der Waals surface area contributed by atoms with E-state index in [1.807, 2.05) is 27.7 Å². The van der Waals surface area contributed by atoms with Crippen molar-refractivity contribution >= 4 is 0 Å². The highest BCUT2D eigenvalue weighted by atomic mass is 15.2. The Labute approximate surface area is 104 Å². The van der Waals surface area contributed by atoms with Crippen LogP contribution in [0.25, 0.3) is 0 Å². The Morgan fingerprint density at radius 3 is 2.19 bits per heavy atom. The molecular formula is C14H34N2. The average Bonchev–Trinajstić information content (AvgIpc) is 2.56. The smallest absolute Gasteiger partial charge is 0.0320 e. The largest absolute Gasteiger partial charge is 0.310 e. The number of rotatable bonds is 1. The lowest BCUT2D eigenvalue weighted by atomic mass is 9.83. The van der Waals surface area contributed by atoms with Crippen molar-refractivity contribution in [2.24, 2.45) is 0 Å². The van der Waals surface area contributed by atoms with Gasteiger partial charge >= 0.3 is 0 Å². The first-order valence-corrected chi connectivity index (χ1v) is 7.32. The first kappa shape index (κ1) is 15.9. The van der Waals surface area contributed by atoms with Crippen LogP contribution in [0.2, 0.25) is 0 Å². The fourth-order valence-corrected chi connectivity index (χ4v) is 2.48. The van der Waals surface area contributed by atoms with E-state index in [2.05, 4.69) is 17.1 Å². The lowest BCUT2D eigenvalue weighted by Crippen LogP contribution is -2.61. The maximum atomic E-state index is 3.62. The Hall–Kier alpha value is -0.0800. The Bertz CT molecular complexity index is 158. The third-order valence-corrected chi connectivity index (χ3v) is 3.46.